The number of ketones is 1. The summed E-state index contributed by atoms with van der Waals surface area (Å²) in [5, 5.41) is 0. The van der Waals surface area contributed by atoms with E-state index in [1.165, 1.54) is 16.7 Å². The minimum atomic E-state index is -0.814. The lowest BCUT2D eigenvalue weighted by molar-refractivity contribution is -0.147. The zero-order valence-corrected chi connectivity index (χ0v) is 20.1. The molecule has 1 aromatic carbocycles. The zero-order chi connectivity index (χ0) is 26.1. The number of carbonyl (C=O) groups is 3. The third-order valence-corrected chi connectivity index (χ3v) is 5.15. The van der Waals surface area contributed by atoms with Gasteiger partial charge in [-0.1, -0.05) is 27.2 Å². The molecule has 0 radical (unpaired) electrons. The summed E-state index contributed by atoms with van der Waals surface area (Å²) >= 11 is 0. The molecular weight excluding hydrogens is 459 g/mol. The number of benzene rings is 1. The van der Waals surface area contributed by atoms with Gasteiger partial charge in [-0.05, 0) is 36.6 Å². The largest absolute Gasteiger partial charge is 0.456 e. The second kappa shape index (κ2) is 12.6. The van der Waals surface area contributed by atoms with Gasteiger partial charge >= 0.3 is 11.7 Å². The van der Waals surface area contributed by atoms with Crippen LogP contribution in [-0.4, -0.2) is 40.4 Å². The fourth-order valence-electron chi connectivity index (χ4n) is 3.35. The fourth-order valence-corrected chi connectivity index (χ4v) is 3.35. The number of ether oxygens (including phenoxy) is 1. The number of carbonyl (C=O) groups excluding carboxylic acids is 3. The lowest BCUT2D eigenvalue weighted by Crippen LogP contribution is -2.44. The van der Waals surface area contributed by atoms with E-state index >= 15 is 0 Å². The standard InChI is InChI=1S/C24H31FN4O6/c1-4-5-12-28-22(26)21(23(33)27-24(28)34)29(13-15(2)3)19(31)14-35-20(32)11-10-18(30)16-6-8-17(25)9-7-16/h6-9,15H,4-5,10-14,26H2,1-3H3,(H,27,33,34). The highest BCUT2D eigenvalue weighted by atomic mass is 19.1. The first kappa shape index (κ1) is 27.5. The fraction of sp³-hybridized carbons (Fsp3) is 0.458. The number of unbranched alkanes of at least 4 members (excludes halogenated alkanes) is 1. The molecule has 0 aliphatic rings. The number of halogens is 1. The van der Waals surface area contributed by atoms with Crippen LogP contribution in [0.3, 0.4) is 0 Å². The maximum atomic E-state index is 13.0. The first-order valence-electron chi connectivity index (χ1n) is 11.4. The van der Waals surface area contributed by atoms with Gasteiger partial charge in [0.2, 0.25) is 0 Å². The minimum Gasteiger partial charge on any atom is -0.456 e. The molecule has 11 heteroatoms. The van der Waals surface area contributed by atoms with E-state index in [9.17, 15) is 28.4 Å². The number of aromatic nitrogens is 2. The van der Waals surface area contributed by atoms with Gasteiger partial charge in [-0.2, -0.15) is 0 Å². The van der Waals surface area contributed by atoms with Crippen molar-refractivity contribution in [1.82, 2.24) is 9.55 Å². The normalized spacial score (nSPS) is 10.9. The number of anilines is 2. The van der Waals surface area contributed by atoms with E-state index in [-0.39, 0.29) is 54.7 Å². The van der Waals surface area contributed by atoms with Crippen molar-refractivity contribution in [3.05, 3.63) is 56.5 Å². The summed E-state index contributed by atoms with van der Waals surface area (Å²) in [6.45, 7) is 5.27. The minimum absolute atomic E-state index is 0.0715. The monoisotopic (exact) mass is 490 g/mol. The SMILES string of the molecule is CCCCn1c(N)c(N(CC(C)C)C(=O)COC(=O)CCC(=O)c2ccc(F)cc2)c(=O)[nH]c1=O. The average molecular weight is 491 g/mol. The summed E-state index contributed by atoms with van der Waals surface area (Å²) in [5.74, 6) is -2.55. The second-order valence-electron chi connectivity index (χ2n) is 8.49. The number of Topliss-reactive ketones (excluding diaryl/α,β-unsaturated/α-hetero) is 1. The van der Waals surface area contributed by atoms with Gasteiger partial charge in [0.1, 0.15) is 11.6 Å². The molecule has 2 rings (SSSR count). The van der Waals surface area contributed by atoms with E-state index in [0.717, 1.165) is 23.5 Å². The molecule has 1 heterocycles. The van der Waals surface area contributed by atoms with Crippen LogP contribution in [0.25, 0.3) is 0 Å². The Morgan fingerprint density at radius 3 is 2.40 bits per heavy atom. The molecule has 35 heavy (non-hydrogen) atoms. The van der Waals surface area contributed by atoms with Gasteiger partial charge in [-0.25, -0.2) is 9.18 Å². The van der Waals surface area contributed by atoms with E-state index in [1.54, 1.807) is 0 Å². The second-order valence-corrected chi connectivity index (χ2v) is 8.49. The van der Waals surface area contributed by atoms with Crippen LogP contribution in [0.1, 0.15) is 56.8 Å². The van der Waals surface area contributed by atoms with E-state index in [2.05, 4.69) is 4.98 Å². The summed E-state index contributed by atoms with van der Waals surface area (Å²) in [6.07, 6.45) is 0.970. The van der Waals surface area contributed by atoms with Crippen molar-refractivity contribution in [2.45, 2.75) is 53.0 Å². The molecule has 3 N–H and O–H groups in total. The first-order chi connectivity index (χ1) is 16.5. The van der Waals surface area contributed by atoms with Crippen LogP contribution in [0.15, 0.2) is 33.9 Å². The van der Waals surface area contributed by atoms with Crippen molar-refractivity contribution >= 4 is 29.2 Å². The number of nitrogen functional groups attached to an aromatic ring is 1. The highest BCUT2D eigenvalue weighted by Crippen LogP contribution is 2.19. The lowest BCUT2D eigenvalue weighted by Gasteiger charge is -2.26. The Morgan fingerprint density at radius 1 is 1.14 bits per heavy atom. The van der Waals surface area contributed by atoms with Gasteiger partial charge in [-0.3, -0.25) is 28.7 Å². The van der Waals surface area contributed by atoms with Crippen molar-refractivity contribution in [2.24, 2.45) is 5.92 Å². The van der Waals surface area contributed by atoms with Gasteiger partial charge in [-0.15, -0.1) is 0 Å². The maximum Gasteiger partial charge on any atom is 0.330 e. The Labute approximate surface area is 201 Å². The molecule has 0 bridgehead atoms. The number of H-pyrrole nitrogens is 1. The Kier molecular flexibility index (Phi) is 9.92. The quantitative estimate of drug-likeness (QED) is 0.343. The number of nitrogens with zero attached hydrogens (tertiary/aromatic N) is 2. The number of hydrogen-bond donors (Lipinski definition) is 2. The van der Waals surface area contributed by atoms with Crippen molar-refractivity contribution in [2.75, 3.05) is 23.8 Å². The van der Waals surface area contributed by atoms with Gasteiger partial charge in [0.15, 0.2) is 18.1 Å². The summed E-state index contributed by atoms with van der Waals surface area (Å²) in [7, 11) is 0. The predicted molar refractivity (Wildman–Crippen MR) is 129 cm³/mol. The van der Waals surface area contributed by atoms with Gasteiger partial charge in [0.25, 0.3) is 11.5 Å². The molecule has 0 unspecified atom stereocenters. The van der Waals surface area contributed by atoms with E-state index in [4.69, 9.17) is 10.5 Å². The molecule has 190 valence electrons. The number of hydrogen-bond acceptors (Lipinski definition) is 7. The Morgan fingerprint density at radius 2 is 1.80 bits per heavy atom. The topological polar surface area (TPSA) is 145 Å². The number of nitrogens with two attached hydrogens (primary N) is 1. The van der Waals surface area contributed by atoms with Crippen LogP contribution in [-0.2, 0) is 20.9 Å². The van der Waals surface area contributed by atoms with Crippen molar-refractivity contribution in [3.63, 3.8) is 0 Å². The molecule has 0 saturated heterocycles. The number of esters is 1. The average Bonchev–Trinajstić information content (AvgIpc) is 2.80. The third-order valence-electron chi connectivity index (χ3n) is 5.15. The van der Waals surface area contributed by atoms with Crippen LogP contribution in [0.5, 0.6) is 0 Å². The molecule has 0 atom stereocenters. The summed E-state index contributed by atoms with van der Waals surface area (Å²) in [4.78, 5) is 65.3. The molecule has 0 aliphatic carbocycles. The molecule has 10 nitrogen and oxygen atoms in total. The van der Waals surface area contributed by atoms with Crippen LogP contribution < -0.4 is 21.9 Å². The van der Waals surface area contributed by atoms with E-state index in [0.29, 0.717) is 6.42 Å². The molecule has 2 aromatic rings. The van der Waals surface area contributed by atoms with Crippen molar-refractivity contribution in [3.8, 4) is 0 Å². The highest BCUT2D eigenvalue weighted by molar-refractivity contribution is 5.99. The smallest absolute Gasteiger partial charge is 0.330 e. The Bertz CT molecular complexity index is 1170. The predicted octanol–water partition coefficient (Wildman–Crippen LogP) is 2.25. The van der Waals surface area contributed by atoms with E-state index in [1.807, 2.05) is 20.8 Å². The molecule has 0 saturated carbocycles. The summed E-state index contributed by atoms with van der Waals surface area (Å²) in [5.41, 5.74) is 4.72. The van der Waals surface area contributed by atoms with Crippen LogP contribution >= 0.6 is 0 Å². The van der Waals surface area contributed by atoms with Crippen LogP contribution in [0.4, 0.5) is 15.9 Å². The molecule has 0 fully saturated rings. The van der Waals surface area contributed by atoms with Crippen LogP contribution in [0.2, 0.25) is 0 Å². The summed E-state index contributed by atoms with van der Waals surface area (Å²) < 4.78 is 19.2. The Balaban J connectivity index is 2.11. The number of amides is 1. The van der Waals surface area contributed by atoms with E-state index < -0.39 is 35.5 Å². The van der Waals surface area contributed by atoms with Crippen LogP contribution in [0, 0.1) is 11.7 Å². The van der Waals surface area contributed by atoms with Gasteiger partial charge in [0.05, 0.1) is 6.42 Å². The number of nitrogens with one attached hydrogen (secondary N) is 1. The maximum absolute atomic E-state index is 13.0. The summed E-state index contributed by atoms with van der Waals surface area (Å²) in [6, 6.07) is 4.93. The lowest BCUT2D eigenvalue weighted by atomic mass is 10.1. The number of rotatable bonds is 12. The highest BCUT2D eigenvalue weighted by Gasteiger charge is 2.26. The Hall–Kier alpha value is -3.76. The molecular formula is C24H31FN4O6. The van der Waals surface area contributed by atoms with Crippen molar-refractivity contribution < 1.29 is 23.5 Å². The van der Waals surface area contributed by atoms with Gasteiger partial charge < -0.3 is 15.4 Å². The molecule has 1 aromatic heterocycles. The first-order valence-corrected chi connectivity index (χ1v) is 11.4. The molecule has 0 aliphatic heterocycles. The van der Waals surface area contributed by atoms with Gasteiger partial charge in [0, 0.05) is 25.1 Å². The zero-order valence-electron chi connectivity index (χ0n) is 20.1. The number of aromatic amines is 1. The van der Waals surface area contributed by atoms with Crippen molar-refractivity contribution in [1.29, 1.82) is 0 Å². The molecule has 0 spiro atoms. The molecule has 1 amide bonds. The third kappa shape index (κ3) is 7.62.